The highest BCUT2D eigenvalue weighted by Gasteiger charge is 2.43. The average molecular weight is 425 g/mol. The second kappa shape index (κ2) is 8.38. The molecule has 9 nitrogen and oxygen atoms in total. The van der Waals surface area contributed by atoms with Crippen molar-refractivity contribution in [1.82, 2.24) is 24.5 Å². The normalized spacial score (nSPS) is 18.5. The summed E-state index contributed by atoms with van der Waals surface area (Å²) in [5, 5.41) is 15.9. The molecule has 10 heteroatoms. The van der Waals surface area contributed by atoms with Crippen LogP contribution in [0.5, 0.6) is 0 Å². The molecule has 1 aliphatic rings. The molecule has 0 unspecified atom stereocenters. The van der Waals surface area contributed by atoms with Gasteiger partial charge in [0.2, 0.25) is 11.9 Å². The molecule has 0 radical (unpaired) electrons. The fraction of sp³-hybridized carbons (Fsp3) is 0.381. The summed E-state index contributed by atoms with van der Waals surface area (Å²) in [5.41, 5.74) is 3.02. The van der Waals surface area contributed by atoms with Crippen molar-refractivity contribution in [1.29, 1.82) is 0 Å². The lowest BCUT2D eigenvalue weighted by molar-refractivity contribution is -0.117. The van der Waals surface area contributed by atoms with Crippen LogP contribution in [0.15, 0.2) is 30.9 Å². The van der Waals surface area contributed by atoms with E-state index in [4.69, 9.17) is 0 Å². The molecule has 0 spiro atoms. The predicted molar refractivity (Wildman–Crippen MR) is 113 cm³/mol. The van der Waals surface area contributed by atoms with Gasteiger partial charge in [0, 0.05) is 12.3 Å². The van der Waals surface area contributed by atoms with Gasteiger partial charge in [0.25, 0.3) is 0 Å². The van der Waals surface area contributed by atoms with Crippen LogP contribution in [0, 0.1) is 19.8 Å². The third kappa shape index (κ3) is 4.53. The minimum atomic E-state index is -1.07. The molecule has 3 heterocycles. The van der Waals surface area contributed by atoms with Crippen LogP contribution in [-0.4, -0.2) is 41.7 Å². The topological polar surface area (TPSA) is 118 Å². The van der Waals surface area contributed by atoms with Gasteiger partial charge in [-0.1, -0.05) is 6.92 Å². The van der Waals surface area contributed by atoms with Crippen molar-refractivity contribution in [2.24, 2.45) is 5.92 Å². The van der Waals surface area contributed by atoms with Crippen LogP contribution >= 0.6 is 0 Å². The Morgan fingerprint density at radius 1 is 1.32 bits per heavy atom. The Balaban J connectivity index is 1.58. The van der Waals surface area contributed by atoms with Gasteiger partial charge in [-0.15, -0.1) is 0 Å². The maximum absolute atomic E-state index is 13.1. The second-order valence-corrected chi connectivity index (χ2v) is 7.66. The number of nitrogens with one attached hydrogen (secondary N) is 2. The van der Waals surface area contributed by atoms with E-state index in [1.54, 1.807) is 23.0 Å². The van der Waals surface area contributed by atoms with Crippen molar-refractivity contribution in [2.45, 2.75) is 45.9 Å². The number of pyridine rings is 1. The molecule has 3 N–H and O–H groups in total. The van der Waals surface area contributed by atoms with Gasteiger partial charge in [0.1, 0.15) is 24.1 Å². The Bertz CT molecular complexity index is 1120. The van der Waals surface area contributed by atoms with Crippen LogP contribution in [0.2, 0.25) is 0 Å². The first-order chi connectivity index (χ1) is 14.9. The Hall–Kier alpha value is -3.40. The number of hydrogen-bond donors (Lipinski definition) is 3. The molecule has 0 aromatic carbocycles. The first kappa shape index (κ1) is 20.9. The number of hydrogen-bond acceptors (Lipinski definition) is 7. The molecule has 162 valence electrons. The van der Waals surface area contributed by atoms with Gasteiger partial charge in [-0.2, -0.15) is 0 Å². The fourth-order valence-corrected chi connectivity index (χ4v) is 3.18. The number of aromatic nitrogens is 5. The molecule has 0 saturated heterocycles. The molecule has 1 amide bonds. The molecule has 1 fully saturated rings. The highest BCUT2D eigenvalue weighted by molar-refractivity contribution is 5.94. The van der Waals surface area contributed by atoms with E-state index in [2.05, 4.69) is 30.6 Å². The number of imidazole rings is 1. The number of nitrogens with zero attached hydrogens (tertiary/aromatic N) is 5. The Kier molecular flexibility index (Phi) is 5.64. The molecule has 0 bridgehead atoms. The summed E-state index contributed by atoms with van der Waals surface area (Å²) in [4.78, 5) is 29.2. The molecular formula is C21H24FN7O2. The number of carbonyl (C=O) groups excluding carboxylic acids is 1. The van der Waals surface area contributed by atoms with Gasteiger partial charge in [-0.25, -0.2) is 19.3 Å². The van der Waals surface area contributed by atoms with Crippen molar-refractivity contribution in [3.8, 4) is 5.82 Å². The molecule has 3 atom stereocenters. The minimum Gasteiger partial charge on any atom is -0.387 e. The Labute approximate surface area is 178 Å². The van der Waals surface area contributed by atoms with E-state index in [0.717, 1.165) is 16.9 Å². The predicted octanol–water partition coefficient (Wildman–Crippen LogP) is 3.16. The van der Waals surface area contributed by atoms with Gasteiger partial charge in [-0.3, -0.25) is 14.3 Å². The van der Waals surface area contributed by atoms with Crippen molar-refractivity contribution >= 4 is 23.4 Å². The summed E-state index contributed by atoms with van der Waals surface area (Å²) < 4.78 is 14.9. The summed E-state index contributed by atoms with van der Waals surface area (Å²) in [7, 11) is 0. The molecule has 3 aromatic heterocycles. The third-order valence-electron chi connectivity index (χ3n) is 5.13. The summed E-state index contributed by atoms with van der Waals surface area (Å²) in [6, 6.07) is 3.44. The molecule has 1 aliphatic carbocycles. The summed E-state index contributed by atoms with van der Waals surface area (Å²) in [6.45, 7) is 5.67. The summed E-state index contributed by atoms with van der Waals surface area (Å²) >= 11 is 0. The van der Waals surface area contributed by atoms with Crippen molar-refractivity contribution in [3.63, 3.8) is 0 Å². The van der Waals surface area contributed by atoms with E-state index >= 15 is 0 Å². The van der Waals surface area contributed by atoms with E-state index in [1.807, 2.05) is 26.8 Å². The maximum atomic E-state index is 13.1. The summed E-state index contributed by atoms with van der Waals surface area (Å²) in [6.07, 6.45) is 3.95. The monoisotopic (exact) mass is 425 g/mol. The number of alkyl halides is 1. The zero-order chi connectivity index (χ0) is 22.1. The van der Waals surface area contributed by atoms with Crippen molar-refractivity contribution < 1.29 is 14.3 Å². The Morgan fingerprint density at radius 2 is 2.10 bits per heavy atom. The quantitative estimate of drug-likeness (QED) is 0.532. The van der Waals surface area contributed by atoms with E-state index in [1.165, 1.54) is 6.33 Å². The number of carbonyl (C=O) groups is 1. The SMILES string of the molecule is CC[C@@H](O)c1cc(C)c(Nc2nc(C)cn2-c2cc(NC(=O)[C@H]3C[C@H]3F)ncn2)cn1. The number of amides is 1. The highest BCUT2D eigenvalue weighted by atomic mass is 19.1. The molecule has 3 aromatic rings. The van der Waals surface area contributed by atoms with Crippen molar-refractivity contribution in [3.05, 3.63) is 47.8 Å². The van der Waals surface area contributed by atoms with Crippen LogP contribution in [0.3, 0.4) is 0 Å². The van der Waals surface area contributed by atoms with E-state index in [-0.39, 0.29) is 12.3 Å². The van der Waals surface area contributed by atoms with Crippen LogP contribution in [0.25, 0.3) is 5.82 Å². The Morgan fingerprint density at radius 3 is 2.77 bits per heavy atom. The van der Waals surface area contributed by atoms with Crippen molar-refractivity contribution in [2.75, 3.05) is 10.6 Å². The maximum Gasteiger partial charge on any atom is 0.231 e. The standard InChI is InChI=1S/C21H24FN7O2/c1-4-17(30)15-5-11(2)16(8-23-15)27-21-26-12(3)9-29(21)19-7-18(24-10-25-19)28-20(31)13-6-14(13)22/h5,7-10,13-14,17,30H,4,6H2,1-3H3,(H,26,27)(H,24,25,28,31)/t13-,14+,17+/m0/s1. The molecular weight excluding hydrogens is 401 g/mol. The first-order valence-corrected chi connectivity index (χ1v) is 10.1. The molecule has 1 saturated carbocycles. The summed E-state index contributed by atoms with van der Waals surface area (Å²) in [5.74, 6) is 0.309. The van der Waals surface area contributed by atoms with Gasteiger partial charge in [0.15, 0.2) is 0 Å². The van der Waals surface area contributed by atoms with Gasteiger partial charge in [-0.05, 0) is 38.3 Å². The van der Waals surface area contributed by atoms with Gasteiger partial charge in [0.05, 0.1) is 35.3 Å². The largest absolute Gasteiger partial charge is 0.387 e. The number of aliphatic hydroxyl groups excluding tert-OH is 1. The molecule has 0 aliphatic heterocycles. The molecule has 31 heavy (non-hydrogen) atoms. The number of aryl methyl sites for hydroxylation is 2. The van der Waals surface area contributed by atoms with Crippen LogP contribution in [-0.2, 0) is 4.79 Å². The first-order valence-electron chi connectivity index (χ1n) is 10.1. The zero-order valence-corrected chi connectivity index (χ0v) is 17.5. The van der Waals surface area contributed by atoms with E-state index < -0.39 is 18.2 Å². The van der Waals surface area contributed by atoms with Crippen LogP contribution in [0.4, 0.5) is 21.8 Å². The zero-order valence-electron chi connectivity index (χ0n) is 17.5. The number of anilines is 3. The van der Waals surface area contributed by atoms with Crippen LogP contribution in [0.1, 0.15) is 42.8 Å². The van der Waals surface area contributed by atoms with Crippen LogP contribution < -0.4 is 10.6 Å². The smallest absolute Gasteiger partial charge is 0.231 e. The number of rotatable bonds is 7. The lowest BCUT2D eigenvalue weighted by Crippen LogP contribution is -2.16. The third-order valence-corrected chi connectivity index (χ3v) is 5.13. The average Bonchev–Trinajstić information content (AvgIpc) is 3.38. The highest BCUT2D eigenvalue weighted by Crippen LogP contribution is 2.34. The fourth-order valence-electron chi connectivity index (χ4n) is 3.18. The van der Waals surface area contributed by atoms with E-state index in [0.29, 0.717) is 29.7 Å². The van der Waals surface area contributed by atoms with Gasteiger partial charge >= 0.3 is 0 Å². The van der Waals surface area contributed by atoms with E-state index in [9.17, 15) is 14.3 Å². The lowest BCUT2D eigenvalue weighted by atomic mass is 10.1. The number of halogens is 1. The van der Waals surface area contributed by atoms with Gasteiger partial charge < -0.3 is 15.7 Å². The lowest BCUT2D eigenvalue weighted by Gasteiger charge is -2.14. The second-order valence-electron chi connectivity index (χ2n) is 7.66. The minimum absolute atomic E-state index is 0.250. The number of aliphatic hydroxyl groups is 1. The molecule has 4 rings (SSSR count).